The average Bonchev–Trinajstić information content (AvgIpc) is 2.47. The molecule has 0 aromatic heterocycles. The van der Waals surface area contributed by atoms with Crippen LogP contribution < -0.4 is 0 Å². The van der Waals surface area contributed by atoms with E-state index in [-0.39, 0.29) is 35.9 Å². The van der Waals surface area contributed by atoms with Crippen molar-refractivity contribution in [2.75, 3.05) is 6.61 Å². The molecule has 7 heteroatoms. The third-order valence-electron chi connectivity index (χ3n) is 2.99. The molecule has 0 aliphatic carbocycles. The number of ketones is 1. The second kappa shape index (κ2) is 9.22. The van der Waals surface area contributed by atoms with Crippen LogP contribution in [0.4, 0.5) is 0 Å². The summed E-state index contributed by atoms with van der Waals surface area (Å²) in [5.74, 6) is -1.21. The molecule has 1 rings (SSSR count). The molecule has 1 aromatic carbocycles. The van der Waals surface area contributed by atoms with Gasteiger partial charge in [-0.15, -0.1) is 0 Å². The number of carbonyl (C=O) groups is 2. The van der Waals surface area contributed by atoms with Crippen molar-refractivity contribution in [1.29, 1.82) is 0 Å². The molecule has 0 amide bonds. The van der Waals surface area contributed by atoms with Crippen molar-refractivity contribution < 1.29 is 26.9 Å². The Morgan fingerprint density at radius 1 is 1.12 bits per heavy atom. The smallest absolute Gasteiger partial charge is 0.338 e. The van der Waals surface area contributed by atoms with Gasteiger partial charge in [-0.3, -0.25) is 4.79 Å². The fourth-order valence-electron chi connectivity index (χ4n) is 1.88. The molecular formula is C17H22O6S. The van der Waals surface area contributed by atoms with Crippen LogP contribution in [0.5, 0.6) is 0 Å². The van der Waals surface area contributed by atoms with Gasteiger partial charge in [0, 0.05) is 6.42 Å². The standard InChI is InChI=1S/C17H22O6S/c1-4-6-14(18)11-15(12-17(19)22-5-2)23-24(20,21)16-9-7-13(3)8-10-16/h7-10,12H,4-6,11H2,1-3H3/b15-12+. The summed E-state index contributed by atoms with van der Waals surface area (Å²) in [5.41, 5.74) is 0.898. The van der Waals surface area contributed by atoms with Crippen molar-refractivity contribution in [3.05, 3.63) is 41.7 Å². The van der Waals surface area contributed by atoms with Gasteiger partial charge in [-0.25, -0.2) is 4.79 Å². The van der Waals surface area contributed by atoms with Gasteiger partial charge < -0.3 is 8.92 Å². The van der Waals surface area contributed by atoms with Gasteiger partial charge in [0.2, 0.25) is 0 Å². The minimum Gasteiger partial charge on any atom is -0.463 e. The van der Waals surface area contributed by atoms with Crippen LogP contribution in [0.15, 0.2) is 41.0 Å². The first-order valence-corrected chi connectivity index (χ1v) is 9.09. The van der Waals surface area contributed by atoms with Crippen molar-refractivity contribution in [2.24, 2.45) is 0 Å². The zero-order valence-electron chi connectivity index (χ0n) is 14.1. The molecule has 1 aromatic rings. The van der Waals surface area contributed by atoms with E-state index in [1.807, 2.05) is 13.8 Å². The molecule has 0 heterocycles. The maximum Gasteiger partial charge on any atom is 0.338 e. The number of esters is 1. The van der Waals surface area contributed by atoms with Crippen LogP contribution in [0.1, 0.15) is 38.7 Å². The molecule has 0 saturated heterocycles. The molecular weight excluding hydrogens is 332 g/mol. The number of rotatable bonds is 9. The first-order chi connectivity index (χ1) is 11.3. The van der Waals surface area contributed by atoms with E-state index in [1.165, 1.54) is 12.1 Å². The molecule has 0 aliphatic rings. The van der Waals surface area contributed by atoms with Gasteiger partial charge >= 0.3 is 16.1 Å². The second-order valence-corrected chi connectivity index (χ2v) is 6.72. The number of benzene rings is 1. The van der Waals surface area contributed by atoms with Gasteiger partial charge in [-0.2, -0.15) is 8.42 Å². The lowest BCUT2D eigenvalue weighted by Gasteiger charge is -2.10. The quantitative estimate of drug-likeness (QED) is 0.293. The Kier molecular flexibility index (Phi) is 7.64. The maximum absolute atomic E-state index is 12.3. The first-order valence-electron chi connectivity index (χ1n) is 7.68. The Bertz CT molecular complexity index is 701. The number of ether oxygens (including phenoxy) is 1. The van der Waals surface area contributed by atoms with Crippen molar-refractivity contribution in [1.82, 2.24) is 0 Å². The van der Waals surface area contributed by atoms with Gasteiger partial charge in [0.15, 0.2) is 0 Å². The summed E-state index contributed by atoms with van der Waals surface area (Å²) in [6.45, 7) is 5.41. The normalized spacial score (nSPS) is 11.9. The molecule has 0 unspecified atom stereocenters. The number of hydrogen-bond acceptors (Lipinski definition) is 6. The summed E-state index contributed by atoms with van der Waals surface area (Å²) in [4.78, 5) is 23.3. The Balaban J connectivity index is 3.03. The number of hydrogen-bond donors (Lipinski definition) is 0. The number of aryl methyl sites for hydroxylation is 1. The number of allylic oxidation sites excluding steroid dienone is 1. The molecule has 0 spiro atoms. The highest BCUT2D eigenvalue weighted by Gasteiger charge is 2.20. The van der Waals surface area contributed by atoms with Crippen LogP contribution in [-0.2, 0) is 28.6 Å². The summed E-state index contributed by atoms with van der Waals surface area (Å²) in [5, 5.41) is 0. The minimum absolute atomic E-state index is 0.0502. The van der Waals surface area contributed by atoms with E-state index in [1.54, 1.807) is 19.1 Å². The molecule has 132 valence electrons. The number of Topliss-reactive ketones (excluding diaryl/α,β-unsaturated/α-hetero) is 1. The molecule has 0 atom stereocenters. The van der Waals surface area contributed by atoms with E-state index in [2.05, 4.69) is 0 Å². The van der Waals surface area contributed by atoms with Crippen molar-refractivity contribution >= 4 is 21.9 Å². The summed E-state index contributed by atoms with van der Waals surface area (Å²) < 4.78 is 34.4. The van der Waals surface area contributed by atoms with Crippen molar-refractivity contribution in [3.63, 3.8) is 0 Å². The van der Waals surface area contributed by atoms with E-state index in [4.69, 9.17) is 8.92 Å². The lowest BCUT2D eigenvalue weighted by atomic mass is 10.1. The summed E-state index contributed by atoms with van der Waals surface area (Å²) in [6.07, 6.45) is 1.52. The molecule has 6 nitrogen and oxygen atoms in total. The molecule has 0 saturated carbocycles. The van der Waals surface area contributed by atoms with Gasteiger partial charge in [-0.1, -0.05) is 24.6 Å². The predicted molar refractivity (Wildman–Crippen MR) is 88.7 cm³/mol. The van der Waals surface area contributed by atoms with E-state index in [0.29, 0.717) is 6.42 Å². The minimum atomic E-state index is -4.13. The topological polar surface area (TPSA) is 86.7 Å². The highest BCUT2D eigenvalue weighted by atomic mass is 32.2. The highest BCUT2D eigenvalue weighted by molar-refractivity contribution is 7.86. The Hall–Kier alpha value is -2.15. The summed E-state index contributed by atoms with van der Waals surface area (Å²) in [6, 6.07) is 6.07. The van der Waals surface area contributed by atoms with Crippen LogP contribution in [0.25, 0.3) is 0 Å². The third-order valence-corrected chi connectivity index (χ3v) is 4.28. The van der Waals surface area contributed by atoms with Crippen LogP contribution in [0, 0.1) is 6.92 Å². The van der Waals surface area contributed by atoms with Crippen LogP contribution in [-0.4, -0.2) is 26.8 Å². The first kappa shape index (κ1) is 19.9. The molecule has 0 bridgehead atoms. The van der Waals surface area contributed by atoms with Crippen LogP contribution in [0.3, 0.4) is 0 Å². The van der Waals surface area contributed by atoms with E-state index in [9.17, 15) is 18.0 Å². The average molecular weight is 354 g/mol. The fourth-order valence-corrected chi connectivity index (χ4v) is 2.83. The van der Waals surface area contributed by atoms with Gasteiger partial charge in [0.1, 0.15) is 16.4 Å². The lowest BCUT2D eigenvalue weighted by Crippen LogP contribution is -2.12. The van der Waals surface area contributed by atoms with E-state index < -0.39 is 16.1 Å². The SMILES string of the molecule is CCCC(=O)C/C(=C\C(=O)OCC)OS(=O)(=O)c1ccc(C)cc1. The van der Waals surface area contributed by atoms with E-state index >= 15 is 0 Å². The van der Waals surface area contributed by atoms with Gasteiger partial charge in [0.25, 0.3) is 0 Å². The molecule has 0 aliphatic heterocycles. The Morgan fingerprint density at radius 2 is 1.75 bits per heavy atom. The monoisotopic (exact) mass is 354 g/mol. The molecule has 0 fully saturated rings. The molecule has 24 heavy (non-hydrogen) atoms. The maximum atomic E-state index is 12.3. The molecule has 0 radical (unpaired) electrons. The highest BCUT2D eigenvalue weighted by Crippen LogP contribution is 2.19. The van der Waals surface area contributed by atoms with Crippen LogP contribution in [0.2, 0.25) is 0 Å². The predicted octanol–water partition coefficient (Wildman–Crippen LogP) is 2.91. The number of carbonyl (C=O) groups excluding carboxylic acids is 2. The molecule has 0 N–H and O–H groups in total. The fraction of sp³-hybridized carbons (Fsp3) is 0.412. The van der Waals surface area contributed by atoms with Gasteiger partial charge in [-0.05, 0) is 32.4 Å². The van der Waals surface area contributed by atoms with Crippen molar-refractivity contribution in [2.45, 2.75) is 44.9 Å². The zero-order valence-corrected chi connectivity index (χ0v) is 14.9. The second-order valence-electron chi connectivity index (χ2n) is 5.18. The van der Waals surface area contributed by atoms with Crippen molar-refractivity contribution in [3.8, 4) is 0 Å². The largest absolute Gasteiger partial charge is 0.463 e. The third kappa shape index (κ3) is 6.54. The van der Waals surface area contributed by atoms with Gasteiger partial charge in [0.05, 0.1) is 19.1 Å². The summed E-state index contributed by atoms with van der Waals surface area (Å²) in [7, 11) is -4.13. The van der Waals surface area contributed by atoms with Crippen LogP contribution >= 0.6 is 0 Å². The Labute approximate surface area is 142 Å². The summed E-state index contributed by atoms with van der Waals surface area (Å²) >= 11 is 0. The zero-order chi connectivity index (χ0) is 18.2. The Morgan fingerprint density at radius 3 is 2.29 bits per heavy atom. The lowest BCUT2D eigenvalue weighted by molar-refractivity contribution is -0.137. The van der Waals surface area contributed by atoms with E-state index in [0.717, 1.165) is 11.6 Å².